The number of carbonyl (C=O) groups is 2. The third-order valence-corrected chi connectivity index (χ3v) is 3.20. The Labute approximate surface area is 141 Å². The molecule has 0 fully saturated rings. The highest BCUT2D eigenvalue weighted by Crippen LogP contribution is 2.27. The maximum absolute atomic E-state index is 12.0. The van der Waals surface area contributed by atoms with Gasteiger partial charge in [0.1, 0.15) is 0 Å². The van der Waals surface area contributed by atoms with E-state index in [1.807, 2.05) is 0 Å². The summed E-state index contributed by atoms with van der Waals surface area (Å²) in [5.41, 5.74) is 0.176. The molecule has 0 saturated carbocycles. The van der Waals surface area contributed by atoms with Gasteiger partial charge >= 0.3 is 11.9 Å². The molecule has 1 aromatic rings. The Hall–Kier alpha value is -1.82. The number of esters is 2. The van der Waals surface area contributed by atoms with Gasteiger partial charge in [0.25, 0.3) is 0 Å². The lowest BCUT2D eigenvalue weighted by Gasteiger charge is -2.15. The second-order valence-electron chi connectivity index (χ2n) is 4.66. The molecule has 0 atom stereocenters. The van der Waals surface area contributed by atoms with Crippen LogP contribution in [0.2, 0.25) is 5.15 Å². The summed E-state index contributed by atoms with van der Waals surface area (Å²) in [5.74, 6) is -2.27. The first-order chi connectivity index (χ1) is 11.0. The van der Waals surface area contributed by atoms with Crippen molar-refractivity contribution in [2.24, 2.45) is 0 Å². The molecule has 1 rings (SSSR count). The number of ether oxygens (including phenoxy) is 3. The van der Waals surface area contributed by atoms with Crippen molar-refractivity contribution in [3.05, 3.63) is 23.0 Å². The summed E-state index contributed by atoms with van der Waals surface area (Å²) < 4.78 is 15.3. The van der Waals surface area contributed by atoms with Gasteiger partial charge in [0.05, 0.1) is 25.5 Å². The molecule has 6 nitrogen and oxygen atoms in total. The van der Waals surface area contributed by atoms with Crippen molar-refractivity contribution in [1.82, 2.24) is 4.98 Å². The Kier molecular flexibility index (Phi) is 8.40. The maximum atomic E-state index is 12.0. The number of unbranched alkanes of at least 4 members (excludes halogenated alkanes) is 1. The molecule has 0 unspecified atom stereocenters. The van der Waals surface area contributed by atoms with Gasteiger partial charge in [-0.25, -0.2) is 4.98 Å². The van der Waals surface area contributed by atoms with Crippen LogP contribution >= 0.6 is 11.6 Å². The Morgan fingerprint density at radius 1 is 1.13 bits per heavy atom. The number of carbonyl (C=O) groups excluding carboxylic acids is 2. The van der Waals surface area contributed by atoms with Crippen LogP contribution in [-0.4, -0.2) is 36.7 Å². The van der Waals surface area contributed by atoms with Crippen LogP contribution in [-0.2, 0) is 19.1 Å². The molecule has 128 valence electrons. The fourth-order valence-electron chi connectivity index (χ4n) is 1.82. The lowest BCUT2D eigenvalue weighted by Crippen LogP contribution is -2.27. The molecule has 0 saturated heterocycles. The average molecular weight is 344 g/mol. The van der Waals surface area contributed by atoms with Gasteiger partial charge in [-0.3, -0.25) is 9.59 Å². The highest BCUT2D eigenvalue weighted by Gasteiger charge is 2.33. The first-order valence-corrected chi connectivity index (χ1v) is 8.05. The van der Waals surface area contributed by atoms with Crippen LogP contribution in [0.5, 0.6) is 5.75 Å². The zero-order valence-electron chi connectivity index (χ0n) is 13.6. The number of pyridine rings is 1. The normalized spacial score (nSPS) is 10.5. The molecule has 1 aromatic heterocycles. The predicted octanol–water partition coefficient (Wildman–Crippen LogP) is 3.12. The van der Waals surface area contributed by atoms with Crippen LogP contribution in [0.1, 0.15) is 45.2 Å². The number of hydrogen-bond donors (Lipinski definition) is 0. The van der Waals surface area contributed by atoms with Gasteiger partial charge in [-0.1, -0.05) is 24.9 Å². The number of aromatic nitrogens is 1. The lowest BCUT2D eigenvalue weighted by molar-refractivity contribution is -0.157. The minimum absolute atomic E-state index is 0.0946. The van der Waals surface area contributed by atoms with Crippen LogP contribution in [0.15, 0.2) is 12.1 Å². The molecular weight excluding hydrogens is 322 g/mol. The number of nitrogens with zero attached hydrogens (tertiary/aromatic N) is 1. The van der Waals surface area contributed by atoms with E-state index in [0.29, 0.717) is 12.4 Å². The van der Waals surface area contributed by atoms with Crippen molar-refractivity contribution in [3.8, 4) is 5.75 Å². The van der Waals surface area contributed by atoms with E-state index in [1.54, 1.807) is 19.9 Å². The fraction of sp³-hybridized carbons (Fsp3) is 0.562. The van der Waals surface area contributed by atoms with E-state index < -0.39 is 17.9 Å². The van der Waals surface area contributed by atoms with E-state index in [0.717, 1.165) is 12.8 Å². The molecule has 0 aliphatic rings. The molecule has 0 N–H and O–H groups in total. The van der Waals surface area contributed by atoms with Crippen molar-refractivity contribution in [2.75, 3.05) is 19.8 Å². The summed E-state index contributed by atoms with van der Waals surface area (Å²) in [6.45, 7) is 6.20. The van der Waals surface area contributed by atoms with Crippen molar-refractivity contribution in [3.63, 3.8) is 0 Å². The molecule has 23 heavy (non-hydrogen) atoms. The largest absolute Gasteiger partial charge is 0.490 e. The average Bonchev–Trinajstić information content (AvgIpc) is 2.50. The van der Waals surface area contributed by atoms with Crippen LogP contribution in [0.4, 0.5) is 0 Å². The first-order valence-electron chi connectivity index (χ1n) is 7.67. The van der Waals surface area contributed by atoms with Crippen LogP contribution < -0.4 is 4.74 Å². The summed E-state index contributed by atoms with van der Waals surface area (Å²) >= 11 is 6.08. The van der Waals surface area contributed by atoms with Crippen molar-refractivity contribution in [1.29, 1.82) is 0 Å². The van der Waals surface area contributed by atoms with Gasteiger partial charge < -0.3 is 14.2 Å². The highest BCUT2D eigenvalue weighted by atomic mass is 35.5. The Morgan fingerprint density at radius 3 is 2.22 bits per heavy atom. The summed E-state index contributed by atoms with van der Waals surface area (Å²) in [4.78, 5) is 28.2. The van der Waals surface area contributed by atoms with E-state index >= 15 is 0 Å². The Bertz CT molecular complexity index is 517. The molecule has 0 aliphatic carbocycles. The molecule has 1 heterocycles. The van der Waals surface area contributed by atoms with Gasteiger partial charge in [-0.05, 0) is 32.4 Å². The molecule has 0 spiro atoms. The van der Waals surface area contributed by atoms with Gasteiger partial charge in [0.15, 0.2) is 16.8 Å². The number of rotatable bonds is 9. The lowest BCUT2D eigenvalue weighted by atomic mass is 10.1. The second kappa shape index (κ2) is 10.0. The summed E-state index contributed by atoms with van der Waals surface area (Å²) in [5, 5.41) is 0.0946. The summed E-state index contributed by atoms with van der Waals surface area (Å²) in [6.07, 6.45) is 1.89. The van der Waals surface area contributed by atoms with Gasteiger partial charge in [0.2, 0.25) is 0 Å². The number of hydrogen-bond acceptors (Lipinski definition) is 6. The molecule has 0 amide bonds. The van der Waals surface area contributed by atoms with Crippen LogP contribution in [0.25, 0.3) is 0 Å². The SMILES string of the molecule is CCCCOc1ccc(C(C(=O)OCC)C(=O)OCC)nc1Cl. The van der Waals surface area contributed by atoms with Crippen molar-refractivity contribution in [2.45, 2.75) is 39.5 Å². The molecule has 7 heteroatoms. The van der Waals surface area contributed by atoms with E-state index in [9.17, 15) is 9.59 Å². The minimum Gasteiger partial charge on any atom is -0.490 e. The van der Waals surface area contributed by atoms with Gasteiger partial charge in [0, 0.05) is 0 Å². The highest BCUT2D eigenvalue weighted by molar-refractivity contribution is 6.30. The van der Waals surface area contributed by atoms with E-state index in [1.165, 1.54) is 6.07 Å². The molecule has 0 bridgehead atoms. The quantitative estimate of drug-likeness (QED) is 0.297. The first kappa shape index (κ1) is 19.2. The standard InChI is InChI=1S/C16H22ClNO5/c1-4-7-10-23-12-9-8-11(18-14(12)17)13(15(19)21-5-2)16(20)22-6-3/h8-9,13H,4-7,10H2,1-3H3. The maximum Gasteiger partial charge on any atom is 0.326 e. The van der Waals surface area contributed by atoms with Crippen LogP contribution in [0.3, 0.4) is 0 Å². The minimum atomic E-state index is -1.25. The predicted molar refractivity (Wildman–Crippen MR) is 85.7 cm³/mol. The Balaban J connectivity index is 2.99. The van der Waals surface area contributed by atoms with E-state index in [4.69, 9.17) is 25.8 Å². The van der Waals surface area contributed by atoms with E-state index in [-0.39, 0.29) is 24.1 Å². The Morgan fingerprint density at radius 2 is 1.74 bits per heavy atom. The van der Waals surface area contributed by atoms with Crippen molar-refractivity contribution < 1.29 is 23.8 Å². The number of halogens is 1. The smallest absolute Gasteiger partial charge is 0.326 e. The third kappa shape index (κ3) is 5.71. The zero-order chi connectivity index (χ0) is 17.2. The monoisotopic (exact) mass is 343 g/mol. The van der Waals surface area contributed by atoms with Crippen LogP contribution in [0, 0.1) is 0 Å². The molecule has 0 radical (unpaired) electrons. The second-order valence-corrected chi connectivity index (χ2v) is 5.02. The third-order valence-electron chi connectivity index (χ3n) is 2.93. The van der Waals surface area contributed by atoms with Crippen molar-refractivity contribution >= 4 is 23.5 Å². The van der Waals surface area contributed by atoms with Gasteiger partial charge in [-0.15, -0.1) is 0 Å². The zero-order valence-corrected chi connectivity index (χ0v) is 14.4. The van der Waals surface area contributed by atoms with Gasteiger partial charge in [-0.2, -0.15) is 0 Å². The summed E-state index contributed by atoms with van der Waals surface area (Å²) in [7, 11) is 0. The summed E-state index contributed by atoms with van der Waals surface area (Å²) in [6, 6.07) is 3.11. The topological polar surface area (TPSA) is 74.7 Å². The molecule has 0 aliphatic heterocycles. The van der Waals surface area contributed by atoms with E-state index in [2.05, 4.69) is 11.9 Å². The molecule has 0 aromatic carbocycles. The molecular formula is C16H22ClNO5. The fourth-order valence-corrected chi connectivity index (χ4v) is 2.03.